The molecule has 1 aromatic rings. The normalized spacial score (nSPS) is 17.1. The van der Waals surface area contributed by atoms with Gasteiger partial charge in [-0.2, -0.15) is 0 Å². The van der Waals surface area contributed by atoms with Crippen molar-refractivity contribution in [1.29, 1.82) is 0 Å². The van der Waals surface area contributed by atoms with E-state index < -0.39 is 4.92 Å². The molecule has 2 rings (SSSR count). The fourth-order valence-electron chi connectivity index (χ4n) is 2.51. The van der Waals surface area contributed by atoms with E-state index in [2.05, 4.69) is 0 Å². The Hall–Kier alpha value is -2.35. The van der Waals surface area contributed by atoms with Gasteiger partial charge in [-0.3, -0.25) is 10.1 Å². The lowest BCUT2D eigenvalue weighted by Crippen LogP contribution is -2.25. The quantitative estimate of drug-likeness (QED) is 0.429. The summed E-state index contributed by atoms with van der Waals surface area (Å²) in [7, 11) is 1.48. The molecule has 1 aromatic carbocycles. The summed E-state index contributed by atoms with van der Waals surface area (Å²) in [6, 6.07) is 4.53. The number of nitro benzene ring substituents is 1. The Morgan fingerprint density at radius 1 is 1.48 bits per heavy atom. The van der Waals surface area contributed by atoms with Crippen LogP contribution in [0, 0.1) is 10.1 Å². The monoisotopic (exact) mass is 324 g/mol. The zero-order chi connectivity index (χ0) is 16.8. The molecule has 0 amide bonds. The van der Waals surface area contributed by atoms with Gasteiger partial charge in [0, 0.05) is 19.2 Å². The molecule has 23 heavy (non-hydrogen) atoms. The molecular weight excluding hydrogens is 304 g/mol. The van der Waals surface area contributed by atoms with E-state index in [1.807, 2.05) is 4.90 Å². The highest BCUT2D eigenvalue weighted by Crippen LogP contribution is 2.34. The zero-order valence-corrected chi connectivity index (χ0v) is 13.2. The van der Waals surface area contributed by atoms with Crippen LogP contribution in [-0.4, -0.2) is 50.4 Å². The van der Waals surface area contributed by atoms with Crippen LogP contribution in [0.15, 0.2) is 18.2 Å². The molecule has 0 unspecified atom stereocenters. The predicted octanol–water partition coefficient (Wildman–Crippen LogP) is 1.76. The lowest BCUT2D eigenvalue weighted by Gasteiger charge is -2.21. The van der Waals surface area contributed by atoms with E-state index in [9.17, 15) is 14.9 Å². The topological polar surface area (TPSA) is 91.1 Å². The molecule has 1 fully saturated rings. The number of carbonyl (C=O) groups is 1. The van der Waals surface area contributed by atoms with Gasteiger partial charge in [-0.25, -0.2) is 4.79 Å². The van der Waals surface area contributed by atoms with Gasteiger partial charge in [-0.1, -0.05) is 0 Å². The first-order chi connectivity index (χ1) is 11.0. The van der Waals surface area contributed by atoms with E-state index in [0.29, 0.717) is 18.9 Å². The maximum Gasteiger partial charge on any atom is 0.332 e. The van der Waals surface area contributed by atoms with E-state index in [4.69, 9.17) is 14.2 Å². The molecule has 1 aliphatic rings. The summed E-state index contributed by atoms with van der Waals surface area (Å²) in [5, 5.41) is 10.8. The Bertz CT molecular complexity index is 577. The van der Waals surface area contributed by atoms with E-state index in [1.165, 1.54) is 19.2 Å². The van der Waals surface area contributed by atoms with Gasteiger partial charge in [-0.05, 0) is 19.4 Å². The number of benzene rings is 1. The minimum absolute atomic E-state index is 0.0140. The Kier molecular flexibility index (Phi) is 5.75. The third-order valence-corrected chi connectivity index (χ3v) is 3.60. The van der Waals surface area contributed by atoms with Crippen LogP contribution in [0.3, 0.4) is 0 Å². The molecule has 0 spiro atoms. The number of methoxy groups -OCH3 is 1. The Morgan fingerprint density at radius 3 is 2.91 bits per heavy atom. The fourth-order valence-corrected chi connectivity index (χ4v) is 2.51. The second-order valence-corrected chi connectivity index (χ2v) is 5.09. The predicted molar refractivity (Wildman–Crippen MR) is 82.9 cm³/mol. The molecule has 1 heterocycles. The van der Waals surface area contributed by atoms with Gasteiger partial charge in [0.25, 0.3) is 5.69 Å². The van der Waals surface area contributed by atoms with Crippen molar-refractivity contribution in [2.45, 2.75) is 19.4 Å². The van der Waals surface area contributed by atoms with E-state index in [0.717, 1.165) is 18.7 Å². The van der Waals surface area contributed by atoms with Crippen molar-refractivity contribution in [3.63, 3.8) is 0 Å². The molecule has 1 saturated heterocycles. The summed E-state index contributed by atoms with van der Waals surface area (Å²) in [6.45, 7) is 3.33. The van der Waals surface area contributed by atoms with Crippen LogP contribution in [-0.2, 0) is 14.3 Å². The van der Waals surface area contributed by atoms with Gasteiger partial charge in [0.05, 0.1) is 36.5 Å². The number of ether oxygens (including phenoxy) is 3. The minimum atomic E-state index is -0.457. The van der Waals surface area contributed by atoms with Crippen LogP contribution in [0.25, 0.3) is 0 Å². The molecule has 0 N–H and O–H groups in total. The summed E-state index contributed by atoms with van der Waals surface area (Å²) >= 11 is 0. The maximum absolute atomic E-state index is 11.3. The number of nitro groups is 1. The van der Waals surface area contributed by atoms with Crippen molar-refractivity contribution < 1.29 is 23.9 Å². The molecule has 126 valence electrons. The average molecular weight is 324 g/mol. The first kappa shape index (κ1) is 17.0. The van der Waals surface area contributed by atoms with Crippen molar-refractivity contribution in [2.75, 3.05) is 38.3 Å². The van der Waals surface area contributed by atoms with Crippen molar-refractivity contribution in [3.8, 4) is 5.75 Å². The molecule has 1 aliphatic heterocycles. The largest absolute Gasteiger partial charge is 0.494 e. The van der Waals surface area contributed by atoms with E-state index in [-0.39, 0.29) is 24.4 Å². The first-order valence-corrected chi connectivity index (χ1v) is 7.39. The van der Waals surface area contributed by atoms with Crippen LogP contribution in [0.5, 0.6) is 5.75 Å². The number of anilines is 1. The molecule has 8 heteroatoms. The average Bonchev–Trinajstić information content (AvgIpc) is 3.01. The van der Waals surface area contributed by atoms with Crippen molar-refractivity contribution in [3.05, 3.63) is 28.3 Å². The van der Waals surface area contributed by atoms with Crippen LogP contribution < -0.4 is 9.64 Å². The highest BCUT2D eigenvalue weighted by Gasteiger charge is 2.26. The van der Waals surface area contributed by atoms with E-state index in [1.54, 1.807) is 13.0 Å². The van der Waals surface area contributed by atoms with Gasteiger partial charge in [-0.15, -0.1) is 0 Å². The molecule has 0 aliphatic carbocycles. The highest BCUT2D eigenvalue weighted by molar-refractivity contribution is 5.70. The van der Waals surface area contributed by atoms with Gasteiger partial charge >= 0.3 is 5.97 Å². The van der Waals surface area contributed by atoms with Gasteiger partial charge in [0.2, 0.25) is 0 Å². The van der Waals surface area contributed by atoms with Crippen molar-refractivity contribution >= 4 is 17.3 Å². The van der Waals surface area contributed by atoms with Crippen LogP contribution in [0.1, 0.15) is 13.3 Å². The molecule has 0 saturated carbocycles. The second kappa shape index (κ2) is 7.77. The molecule has 0 aromatic heterocycles. The molecule has 8 nitrogen and oxygen atoms in total. The summed E-state index contributed by atoms with van der Waals surface area (Å²) in [5.41, 5.74) is 0.764. The lowest BCUT2D eigenvalue weighted by molar-refractivity contribution is -0.384. The zero-order valence-electron chi connectivity index (χ0n) is 13.2. The number of hydrogen-bond acceptors (Lipinski definition) is 7. The van der Waals surface area contributed by atoms with E-state index >= 15 is 0 Å². The summed E-state index contributed by atoms with van der Waals surface area (Å²) in [5.74, 6) is 0.0732. The number of rotatable bonds is 7. The van der Waals surface area contributed by atoms with Gasteiger partial charge < -0.3 is 19.1 Å². The van der Waals surface area contributed by atoms with Crippen LogP contribution >= 0.6 is 0 Å². The molecule has 1 atom stereocenters. The Balaban J connectivity index is 1.98. The van der Waals surface area contributed by atoms with Crippen molar-refractivity contribution in [1.82, 2.24) is 0 Å². The summed E-state index contributed by atoms with van der Waals surface area (Å²) in [4.78, 5) is 23.7. The number of non-ortho nitro benzene ring substituents is 1. The molecule has 0 bridgehead atoms. The number of carbonyl (C=O) groups excluding carboxylic acids is 1. The number of esters is 1. The van der Waals surface area contributed by atoms with Gasteiger partial charge in [0.15, 0.2) is 0 Å². The Labute approximate surface area is 134 Å². The molecular formula is C15H20N2O6. The lowest BCUT2D eigenvalue weighted by atomic mass is 10.2. The third kappa shape index (κ3) is 4.32. The maximum atomic E-state index is 11.3. The number of hydrogen-bond donors (Lipinski definition) is 0. The summed E-state index contributed by atoms with van der Waals surface area (Å²) in [6.07, 6.45) is 0.679. The highest BCUT2D eigenvalue weighted by atomic mass is 16.6. The smallest absolute Gasteiger partial charge is 0.332 e. The molecule has 0 radical (unpaired) electrons. The minimum Gasteiger partial charge on any atom is -0.494 e. The first-order valence-electron chi connectivity index (χ1n) is 7.39. The second-order valence-electron chi connectivity index (χ2n) is 5.09. The van der Waals surface area contributed by atoms with Gasteiger partial charge in [0.1, 0.15) is 12.4 Å². The van der Waals surface area contributed by atoms with Crippen molar-refractivity contribution in [2.24, 2.45) is 0 Å². The number of nitrogens with zero attached hydrogens (tertiary/aromatic N) is 2. The van der Waals surface area contributed by atoms with Crippen LogP contribution in [0.2, 0.25) is 0 Å². The summed E-state index contributed by atoms with van der Waals surface area (Å²) < 4.78 is 15.6. The van der Waals surface area contributed by atoms with Crippen LogP contribution in [0.4, 0.5) is 11.4 Å². The standard InChI is InChI=1S/C15H20N2O6/c1-3-22-15(18)10-23-12-6-7-16(9-12)13-5-4-11(17(19)20)8-14(13)21-2/h4-5,8,12H,3,6-7,9-10H2,1-2H3/t12-/m1/s1. The Morgan fingerprint density at radius 2 is 2.26 bits per heavy atom. The SMILES string of the molecule is CCOC(=O)CO[C@@H]1CCN(c2ccc([N+](=O)[O-])cc2OC)C1. The third-order valence-electron chi connectivity index (χ3n) is 3.60. The fraction of sp³-hybridized carbons (Fsp3) is 0.533.